The third kappa shape index (κ3) is 3.63. The quantitative estimate of drug-likeness (QED) is 0.463. The van der Waals surface area contributed by atoms with Gasteiger partial charge in [0.05, 0.1) is 17.1 Å². The van der Waals surface area contributed by atoms with E-state index in [-0.39, 0.29) is 22.7 Å². The van der Waals surface area contributed by atoms with Gasteiger partial charge >= 0.3 is 0 Å². The highest BCUT2D eigenvalue weighted by atomic mass is 16.3. The predicted molar refractivity (Wildman–Crippen MR) is 119 cm³/mol. The summed E-state index contributed by atoms with van der Waals surface area (Å²) < 4.78 is 3.19. The van der Waals surface area contributed by atoms with Crippen molar-refractivity contribution in [3.63, 3.8) is 0 Å². The van der Waals surface area contributed by atoms with Gasteiger partial charge in [0.1, 0.15) is 17.1 Å². The van der Waals surface area contributed by atoms with Crippen LogP contribution in [0.3, 0.4) is 0 Å². The first-order valence-corrected chi connectivity index (χ1v) is 9.93. The molecule has 0 unspecified atom stereocenters. The summed E-state index contributed by atoms with van der Waals surface area (Å²) in [6.07, 6.45) is 0.812. The van der Waals surface area contributed by atoms with E-state index in [1.165, 1.54) is 4.68 Å². The van der Waals surface area contributed by atoms with Crippen molar-refractivity contribution < 1.29 is 9.90 Å². The molecular formula is C23H23N5O3. The van der Waals surface area contributed by atoms with Crippen LogP contribution in [0.15, 0.2) is 59.4 Å². The smallest absolute Gasteiger partial charge is 0.295 e. The fourth-order valence-corrected chi connectivity index (χ4v) is 3.48. The molecule has 8 heteroatoms. The van der Waals surface area contributed by atoms with Crippen molar-refractivity contribution >= 4 is 11.6 Å². The minimum absolute atomic E-state index is 0.0836. The number of aromatic amines is 1. The Hall–Kier alpha value is -4.07. The van der Waals surface area contributed by atoms with Crippen molar-refractivity contribution in [2.75, 3.05) is 5.32 Å². The second kappa shape index (κ2) is 7.98. The van der Waals surface area contributed by atoms with Crippen LogP contribution in [0.2, 0.25) is 0 Å². The zero-order valence-electron chi connectivity index (χ0n) is 17.5. The summed E-state index contributed by atoms with van der Waals surface area (Å²) in [5, 5.41) is 19.7. The van der Waals surface area contributed by atoms with Crippen LogP contribution in [0.5, 0.6) is 5.75 Å². The number of carbonyl (C=O) groups excluding carboxylic acids is 1. The van der Waals surface area contributed by atoms with E-state index in [2.05, 4.69) is 15.5 Å². The van der Waals surface area contributed by atoms with Crippen LogP contribution in [-0.4, -0.2) is 30.6 Å². The number of rotatable bonds is 5. The third-order valence-electron chi connectivity index (χ3n) is 5.36. The Morgan fingerprint density at radius 1 is 1.16 bits per heavy atom. The molecular weight excluding hydrogens is 394 g/mol. The second-order valence-electron chi connectivity index (χ2n) is 7.26. The standard InChI is InChI=1S/C23H23N5O3/c1-4-15-10-11-20(29)17(12-15)18-13-19(26-25-18)22(30)24-21-14(2)27(3)28(23(21)31)16-8-6-5-7-9-16/h5-13,29H,4H2,1-3H3,(H,24,30)(H,25,26). The molecule has 0 fully saturated rings. The number of carbonyl (C=O) groups is 1. The van der Waals surface area contributed by atoms with Crippen LogP contribution in [0.4, 0.5) is 5.69 Å². The topological polar surface area (TPSA) is 105 Å². The van der Waals surface area contributed by atoms with E-state index in [9.17, 15) is 14.7 Å². The number of amides is 1. The van der Waals surface area contributed by atoms with Crippen molar-refractivity contribution in [3.05, 3.63) is 81.9 Å². The van der Waals surface area contributed by atoms with Gasteiger partial charge in [-0.3, -0.25) is 19.4 Å². The van der Waals surface area contributed by atoms with E-state index in [0.29, 0.717) is 22.6 Å². The molecule has 0 radical (unpaired) electrons. The van der Waals surface area contributed by atoms with Crippen LogP contribution < -0.4 is 10.9 Å². The molecule has 0 atom stereocenters. The monoisotopic (exact) mass is 417 g/mol. The van der Waals surface area contributed by atoms with Crippen molar-refractivity contribution in [2.24, 2.45) is 7.05 Å². The molecule has 158 valence electrons. The maximum absolute atomic E-state index is 13.0. The summed E-state index contributed by atoms with van der Waals surface area (Å²) in [5.74, 6) is -0.406. The SMILES string of the molecule is CCc1ccc(O)c(-c2cc(C(=O)Nc3c(C)n(C)n(-c4ccccc4)c3=O)[nH]n2)c1. The number of hydrogen-bond acceptors (Lipinski definition) is 4. The first kappa shape index (κ1) is 20.2. The fraction of sp³-hybridized carbons (Fsp3) is 0.174. The number of aryl methyl sites for hydroxylation is 1. The summed E-state index contributed by atoms with van der Waals surface area (Å²) in [4.78, 5) is 25.8. The maximum atomic E-state index is 13.0. The van der Waals surface area contributed by atoms with Gasteiger partial charge < -0.3 is 10.4 Å². The lowest BCUT2D eigenvalue weighted by molar-refractivity contribution is 0.102. The zero-order chi connectivity index (χ0) is 22.1. The predicted octanol–water partition coefficient (Wildman–Crippen LogP) is 3.39. The van der Waals surface area contributed by atoms with Gasteiger partial charge in [0, 0.05) is 12.6 Å². The number of hydrogen-bond donors (Lipinski definition) is 3. The molecule has 0 saturated carbocycles. The van der Waals surface area contributed by atoms with E-state index < -0.39 is 5.91 Å². The highest BCUT2D eigenvalue weighted by molar-refractivity contribution is 6.03. The largest absolute Gasteiger partial charge is 0.507 e. The van der Waals surface area contributed by atoms with E-state index in [1.54, 1.807) is 30.8 Å². The van der Waals surface area contributed by atoms with Gasteiger partial charge in [0.25, 0.3) is 11.5 Å². The average Bonchev–Trinajstić information content (AvgIpc) is 3.35. The highest BCUT2D eigenvalue weighted by Crippen LogP contribution is 2.29. The molecule has 0 aliphatic heterocycles. The summed E-state index contributed by atoms with van der Waals surface area (Å²) in [6, 6.07) is 16.1. The van der Waals surface area contributed by atoms with Crippen LogP contribution in [0.1, 0.15) is 28.7 Å². The number of anilines is 1. The number of nitrogens with one attached hydrogen (secondary N) is 2. The molecule has 0 spiro atoms. The highest BCUT2D eigenvalue weighted by Gasteiger charge is 2.20. The Kier molecular flexibility index (Phi) is 5.21. The maximum Gasteiger partial charge on any atom is 0.295 e. The average molecular weight is 417 g/mol. The minimum atomic E-state index is -0.490. The number of phenolic OH excluding ortho intramolecular Hbond substituents is 1. The van der Waals surface area contributed by atoms with E-state index in [4.69, 9.17) is 0 Å². The summed E-state index contributed by atoms with van der Waals surface area (Å²) in [6.45, 7) is 3.78. The van der Waals surface area contributed by atoms with Gasteiger partial charge in [-0.2, -0.15) is 5.10 Å². The number of aromatic nitrogens is 4. The van der Waals surface area contributed by atoms with Crippen LogP contribution in [0, 0.1) is 6.92 Å². The number of nitrogens with zero attached hydrogens (tertiary/aromatic N) is 3. The van der Waals surface area contributed by atoms with Crippen molar-refractivity contribution in [1.82, 2.24) is 19.6 Å². The Morgan fingerprint density at radius 3 is 2.61 bits per heavy atom. The molecule has 1 amide bonds. The van der Waals surface area contributed by atoms with Gasteiger partial charge in [0.15, 0.2) is 0 Å². The molecule has 0 aliphatic carbocycles. The van der Waals surface area contributed by atoms with Gasteiger partial charge in [-0.25, -0.2) is 4.68 Å². The first-order valence-electron chi connectivity index (χ1n) is 9.93. The summed E-state index contributed by atoms with van der Waals surface area (Å²) in [5.41, 5.74) is 3.41. The number of para-hydroxylation sites is 1. The lowest BCUT2D eigenvalue weighted by atomic mass is 10.1. The molecule has 4 aromatic rings. The lowest BCUT2D eigenvalue weighted by Crippen LogP contribution is -2.23. The van der Waals surface area contributed by atoms with Gasteiger partial charge in [-0.1, -0.05) is 31.2 Å². The molecule has 0 bridgehead atoms. The van der Waals surface area contributed by atoms with E-state index >= 15 is 0 Å². The summed E-state index contributed by atoms with van der Waals surface area (Å²) >= 11 is 0. The van der Waals surface area contributed by atoms with Crippen LogP contribution >= 0.6 is 0 Å². The normalized spacial score (nSPS) is 10.9. The zero-order valence-corrected chi connectivity index (χ0v) is 17.5. The van der Waals surface area contributed by atoms with Gasteiger partial charge in [0.2, 0.25) is 0 Å². The minimum Gasteiger partial charge on any atom is -0.507 e. The van der Waals surface area contributed by atoms with Gasteiger partial charge in [-0.05, 0) is 49.2 Å². The Morgan fingerprint density at radius 2 is 1.90 bits per heavy atom. The third-order valence-corrected chi connectivity index (χ3v) is 5.36. The molecule has 4 rings (SSSR count). The molecule has 2 aromatic carbocycles. The number of H-pyrrole nitrogens is 1. The Labute approximate surface area is 178 Å². The first-order chi connectivity index (χ1) is 14.9. The van der Waals surface area contributed by atoms with E-state index in [0.717, 1.165) is 12.0 Å². The van der Waals surface area contributed by atoms with Gasteiger partial charge in [-0.15, -0.1) is 0 Å². The second-order valence-corrected chi connectivity index (χ2v) is 7.26. The van der Waals surface area contributed by atoms with Crippen molar-refractivity contribution in [1.29, 1.82) is 0 Å². The van der Waals surface area contributed by atoms with Crippen molar-refractivity contribution in [3.8, 4) is 22.7 Å². The molecule has 2 heterocycles. The molecule has 3 N–H and O–H groups in total. The van der Waals surface area contributed by atoms with Crippen LogP contribution in [0.25, 0.3) is 16.9 Å². The molecule has 2 aromatic heterocycles. The Bertz CT molecular complexity index is 1310. The number of aromatic hydroxyl groups is 1. The molecule has 0 saturated heterocycles. The molecule has 31 heavy (non-hydrogen) atoms. The van der Waals surface area contributed by atoms with Crippen LogP contribution in [-0.2, 0) is 13.5 Å². The van der Waals surface area contributed by atoms with Crippen molar-refractivity contribution in [2.45, 2.75) is 20.3 Å². The Balaban J connectivity index is 1.64. The van der Waals surface area contributed by atoms with E-state index in [1.807, 2.05) is 49.4 Å². The lowest BCUT2D eigenvalue weighted by Gasteiger charge is -2.07. The summed E-state index contributed by atoms with van der Waals surface area (Å²) in [7, 11) is 1.76. The number of phenols is 1. The fourth-order valence-electron chi connectivity index (χ4n) is 3.48. The molecule has 0 aliphatic rings. The number of benzene rings is 2. The molecule has 8 nitrogen and oxygen atoms in total.